The van der Waals surface area contributed by atoms with Crippen molar-refractivity contribution in [2.24, 2.45) is 0 Å². The lowest BCUT2D eigenvalue weighted by molar-refractivity contribution is -0.322. The average molecular weight is 571 g/mol. The molecule has 0 spiro atoms. The van der Waals surface area contributed by atoms with Crippen LogP contribution < -0.4 is 14.1 Å². The number of sulfonamides is 1. The van der Waals surface area contributed by atoms with Gasteiger partial charge < -0.3 is 14.5 Å². The highest BCUT2D eigenvalue weighted by molar-refractivity contribution is 7.92. The number of rotatable bonds is 7. The van der Waals surface area contributed by atoms with Crippen LogP contribution in [0.15, 0.2) is 71.8 Å². The molecule has 202 valence electrons. The van der Waals surface area contributed by atoms with Gasteiger partial charge in [0.1, 0.15) is 16.5 Å². The molecule has 2 aromatic carbocycles. The summed E-state index contributed by atoms with van der Waals surface area (Å²) in [6, 6.07) is 14.4. The summed E-state index contributed by atoms with van der Waals surface area (Å²) in [5.41, 5.74) is 0.338. The smallest absolute Gasteiger partial charge is 0.438 e. The molecule has 0 radical (unpaired) electrons. The first-order chi connectivity index (χ1) is 17.9. The van der Waals surface area contributed by atoms with Crippen molar-refractivity contribution in [3.8, 4) is 11.6 Å². The molecule has 4 rings (SSSR count). The van der Waals surface area contributed by atoms with Gasteiger partial charge in [0.05, 0.1) is 11.1 Å². The second-order valence-corrected chi connectivity index (χ2v) is 10.3. The van der Waals surface area contributed by atoms with E-state index in [9.17, 15) is 26.4 Å². The topological polar surface area (TPSA) is 92.3 Å². The van der Waals surface area contributed by atoms with E-state index in [-0.39, 0.29) is 21.3 Å². The number of hydrogen-bond acceptors (Lipinski definition) is 7. The fraction of sp³-hybridized carbons (Fsp3) is 0.250. The summed E-state index contributed by atoms with van der Waals surface area (Å²) in [4.78, 5) is 22.7. The van der Waals surface area contributed by atoms with Gasteiger partial charge in [0, 0.05) is 38.8 Å². The lowest BCUT2D eigenvalue weighted by Crippen LogP contribution is -2.48. The molecule has 0 bridgehead atoms. The van der Waals surface area contributed by atoms with Crippen molar-refractivity contribution in [2.75, 3.05) is 35.5 Å². The van der Waals surface area contributed by atoms with Crippen molar-refractivity contribution in [2.45, 2.75) is 18.2 Å². The largest absolute Gasteiger partial charge is 0.544 e. The minimum atomic E-state index is -5.32. The number of halogens is 4. The van der Waals surface area contributed by atoms with Gasteiger partial charge in [-0.3, -0.25) is 4.79 Å². The third-order valence-corrected chi connectivity index (χ3v) is 7.45. The van der Waals surface area contributed by atoms with E-state index in [0.717, 1.165) is 30.1 Å². The number of pyridine rings is 1. The minimum absolute atomic E-state index is 0.0366. The number of ether oxygens (including phenoxy) is 1. The van der Waals surface area contributed by atoms with Crippen molar-refractivity contribution in [1.29, 1.82) is 0 Å². The summed E-state index contributed by atoms with van der Waals surface area (Å²) < 4.78 is 70.4. The number of benzene rings is 2. The molecule has 3 aromatic rings. The summed E-state index contributed by atoms with van der Waals surface area (Å²) in [6.07, 6.45) is -4.47. The molecule has 1 aliphatic rings. The molecule has 0 unspecified atom stereocenters. The Bertz CT molecular complexity index is 1380. The second-order valence-electron chi connectivity index (χ2n) is 8.15. The molecule has 9 nitrogen and oxygen atoms in total. The summed E-state index contributed by atoms with van der Waals surface area (Å²) in [5, 5.41) is -0.244. The summed E-state index contributed by atoms with van der Waals surface area (Å²) in [6.45, 7) is 4.13. The highest BCUT2D eigenvalue weighted by Crippen LogP contribution is 2.35. The molecule has 14 heteroatoms. The molecule has 1 aliphatic heterocycles. The number of carbonyl (C=O) groups excluding carboxylic acids is 1. The Morgan fingerprint density at radius 2 is 1.66 bits per heavy atom. The van der Waals surface area contributed by atoms with Gasteiger partial charge in [-0.2, -0.15) is 13.3 Å². The van der Waals surface area contributed by atoms with E-state index < -0.39 is 27.0 Å². The Kier molecular flexibility index (Phi) is 7.99. The van der Waals surface area contributed by atoms with E-state index in [0.29, 0.717) is 31.9 Å². The highest BCUT2D eigenvalue weighted by atomic mass is 35.5. The number of piperazine rings is 1. The number of amides is 1. The van der Waals surface area contributed by atoms with Gasteiger partial charge >= 0.3 is 6.36 Å². The average Bonchev–Trinajstić information content (AvgIpc) is 2.89. The van der Waals surface area contributed by atoms with Gasteiger partial charge in [-0.15, -0.1) is 17.6 Å². The fourth-order valence-corrected chi connectivity index (χ4v) is 5.18. The van der Waals surface area contributed by atoms with Crippen LogP contribution in [-0.2, 0) is 19.7 Å². The molecule has 1 fully saturated rings. The predicted molar refractivity (Wildman–Crippen MR) is 133 cm³/mol. The molecule has 0 aliphatic carbocycles. The quantitative estimate of drug-likeness (QED) is 0.375. The molecular formula is C24H22ClF3N4O5S. The zero-order chi connectivity index (χ0) is 27.5. The van der Waals surface area contributed by atoms with Crippen LogP contribution in [0, 0.1) is 0 Å². The van der Waals surface area contributed by atoms with Crippen LogP contribution in [0.5, 0.6) is 11.6 Å². The Hall–Kier alpha value is -3.55. The zero-order valence-electron chi connectivity index (χ0n) is 19.9. The summed E-state index contributed by atoms with van der Waals surface area (Å²) in [5.74, 6) is 0.232. The monoisotopic (exact) mass is 570 g/mol. The van der Waals surface area contributed by atoms with Crippen molar-refractivity contribution < 1.29 is 36.0 Å². The number of anilines is 2. The van der Waals surface area contributed by atoms with Crippen LogP contribution in [-0.4, -0.2) is 56.8 Å². The maximum absolute atomic E-state index is 13.1. The Balaban J connectivity index is 1.51. The van der Waals surface area contributed by atoms with Crippen molar-refractivity contribution >= 4 is 38.9 Å². The number of carbonyl (C=O) groups is 1. The highest BCUT2D eigenvalue weighted by Gasteiger charge is 2.40. The van der Waals surface area contributed by atoms with Gasteiger partial charge in [-0.1, -0.05) is 29.8 Å². The van der Waals surface area contributed by atoms with Gasteiger partial charge in [0.25, 0.3) is 10.0 Å². The molecule has 0 atom stereocenters. The molecule has 1 saturated heterocycles. The number of aromatic nitrogens is 1. The maximum atomic E-state index is 13.1. The van der Waals surface area contributed by atoms with E-state index in [1.165, 1.54) is 25.1 Å². The van der Waals surface area contributed by atoms with Gasteiger partial charge in [-0.25, -0.2) is 4.98 Å². The Labute approximate surface area is 221 Å². The SMILES string of the molecule is CC(=O)N1CCN(c2ccc(Oc3ncc(N(OC(F)(F)F)S(=O)(=O)c4ccccc4)cc3Cl)cc2)CC1. The van der Waals surface area contributed by atoms with Gasteiger partial charge in [0.15, 0.2) is 0 Å². The van der Waals surface area contributed by atoms with Gasteiger partial charge in [0.2, 0.25) is 11.8 Å². The third-order valence-electron chi connectivity index (χ3n) is 5.59. The lowest BCUT2D eigenvalue weighted by Gasteiger charge is -2.35. The van der Waals surface area contributed by atoms with Crippen LogP contribution in [0.2, 0.25) is 5.02 Å². The van der Waals surface area contributed by atoms with Gasteiger partial charge in [-0.05, 0) is 42.5 Å². The number of hydrogen-bond donors (Lipinski definition) is 0. The standard InChI is InChI=1S/C24H22ClF3N4O5S/c1-17(33)30-11-13-31(14-12-30)18-7-9-20(10-8-18)36-23-22(25)15-19(16-29-23)32(37-24(26,27)28)38(34,35)21-5-3-2-4-6-21/h2-10,15-16H,11-14H2,1H3. The molecule has 0 N–H and O–H groups in total. The van der Waals surface area contributed by atoms with Crippen LogP contribution in [0.3, 0.4) is 0 Å². The van der Waals surface area contributed by atoms with Crippen LogP contribution in [0.1, 0.15) is 6.92 Å². The van der Waals surface area contributed by atoms with Crippen molar-refractivity contribution in [3.05, 3.63) is 71.9 Å². The predicted octanol–water partition coefficient (Wildman–Crippen LogP) is 4.84. The number of alkyl halides is 3. The van der Waals surface area contributed by atoms with Crippen LogP contribution in [0.4, 0.5) is 24.5 Å². The summed E-state index contributed by atoms with van der Waals surface area (Å²) in [7, 11) is -4.77. The molecule has 38 heavy (non-hydrogen) atoms. The first-order valence-corrected chi connectivity index (χ1v) is 13.1. The van der Waals surface area contributed by atoms with Crippen LogP contribution >= 0.6 is 11.6 Å². The molecular weight excluding hydrogens is 549 g/mol. The van der Waals surface area contributed by atoms with Crippen molar-refractivity contribution in [3.63, 3.8) is 0 Å². The third kappa shape index (κ3) is 6.47. The molecule has 1 amide bonds. The van der Waals surface area contributed by atoms with E-state index in [2.05, 4.69) is 14.7 Å². The molecule has 0 saturated carbocycles. The fourth-order valence-electron chi connectivity index (χ4n) is 3.73. The maximum Gasteiger partial charge on any atom is 0.544 e. The Morgan fingerprint density at radius 3 is 2.21 bits per heavy atom. The normalized spacial score (nSPS) is 14.3. The molecule has 2 heterocycles. The van der Waals surface area contributed by atoms with Crippen LogP contribution in [0.25, 0.3) is 0 Å². The minimum Gasteiger partial charge on any atom is -0.438 e. The van der Waals surface area contributed by atoms with E-state index in [1.807, 2.05) is 12.1 Å². The molecule has 1 aromatic heterocycles. The van der Waals surface area contributed by atoms with E-state index >= 15 is 0 Å². The summed E-state index contributed by atoms with van der Waals surface area (Å²) >= 11 is 6.20. The first-order valence-electron chi connectivity index (χ1n) is 11.2. The lowest BCUT2D eigenvalue weighted by atomic mass is 10.2. The Morgan fingerprint density at radius 1 is 1.03 bits per heavy atom. The first kappa shape index (κ1) is 27.5. The van der Waals surface area contributed by atoms with E-state index in [1.54, 1.807) is 17.0 Å². The second kappa shape index (κ2) is 11.1. The van der Waals surface area contributed by atoms with Crippen molar-refractivity contribution in [1.82, 2.24) is 9.88 Å². The number of nitrogens with zero attached hydrogens (tertiary/aromatic N) is 4. The zero-order valence-corrected chi connectivity index (χ0v) is 21.5. The van der Waals surface area contributed by atoms with E-state index in [4.69, 9.17) is 16.3 Å².